The van der Waals surface area contributed by atoms with Gasteiger partial charge in [-0.2, -0.15) is 0 Å². The fraction of sp³-hybridized carbons (Fsp3) is 0.929. The van der Waals surface area contributed by atoms with Crippen LogP contribution in [-0.2, 0) is 4.79 Å². The summed E-state index contributed by atoms with van der Waals surface area (Å²) < 4.78 is 0. The van der Waals surface area contributed by atoms with Gasteiger partial charge in [-0.25, -0.2) is 0 Å². The van der Waals surface area contributed by atoms with Gasteiger partial charge in [0.05, 0.1) is 0 Å². The highest BCUT2D eigenvalue weighted by Crippen LogP contribution is 2.35. The van der Waals surface area contributed by atoms with Gasteiger partial charge in [0, 0.05) is 5.92 Å². The van der Waals surface area contributed by atoms with Gasteiger partial charge in [-0.15, -0.1) is 0 Å². The number of nitrogens with zero attached hydrogens (tertiary/aromatic N) is 2. The van der Waals surface area contributed by atoms with E-state index in [9.17, 15) is 4.79 Å². The Morgan fingerprint density at radius 1 is 0.944 bits per heavy atom. The van der Waals surface area contributed by atoms with Gasteiger partial charge in [0.1, 0.15) is 0 Å². The zero-order valence-electron chi connectivity index (χ0n) is 11.8. The first-order chi connectivity index (χ1) is 8.58. The molecular formula is C14H27N3O. The molecule has 0 aromatic rings. The Hall–Kier alpha value is -0.610. The maximum Gasteiger partial charge on any atom is 0.221 e. The third kappa shape index (κ3) is 3.23. The predicted octanol–water partition coefficient (Wildman–Crippen LogP) is 0.772. The number of carbonyl (C=O) groups is 1. The van der Waals surface area contributed by atoms with Crippen molar-refractivity contribution >= 4 is 5.91 Å². The Morgan fingerprint density at radius 3 is 1.56 bits per heavy atom. The van der Waals surface area contributed by atoms with Crippen molar-refractivity contribution in [3.05, 3.63) is 0 Å². The van der Waals surface area contributed by atoms with Crippen LogP contribution in [0.5, 0.6) is 0 Å². The molecule has 0 atom stereocenters. The van der Waals surface area contributed by atoms with E-state index in [-0.39, 0.29) is 11.8 Å². The third-order valence-electron chi connectivity index (χ3n) is 4.87. The molecule has 4 nitrogen and oxygen atoms in total. The van der Waals surface area contributed by atoms with Crippen LogP contribution in [0.4, 0.5) is 0 Å². The van der Waals surface area contributed by atoms with Crippen LogP contribution in [0, 0.1) is 17.8 Å². The summed E-state index contributed by atoms with van der Waals surface area (Å²) in [7, 11) is 4.32. The van der Waals surface area contributed by atoms with Gasteiger partial charge in [0.2, 0.25) is 5.91 Å². The second-order valence-corrected chi connectivity index (χ2v) is 6.21. The van der Waals surface area contributed by atoms with Gasteiger partial charge in [-0.1, -0.05) is 0 Å². The van der Waals surface area contributed by atoms with Gasteiger partial charge in [-0.3, -0.25) is 4.79 Å². The van der Waals surface area contributed by atoms with Crippen LogP contribution in [0.1, 0.15) is 25.7 Å². The molecule has 18 heavy (non-hydrogen) atoms. The average molecular weight is 253 g/mol. The second-order valence-electron chi connectivity index (χ2n) is 6.21. The van der Waals surface area contributed by atoms with Crippen molar-refractivity contribution in [2.45, 2.75) is 25.7 Å². The lowest BCUT2D eigenvalue weighted by molar-refractivity contribution is -0.127. The Morgan fingerprint density at radius 2 is 1.28 bits per heavy atom. The number of piperidine rings is 2. The number of hydrogen-bond acceptors (Lipinski definition) is 3. The first-order valence-electron chi connectivity index (χ1n) is 7.24. The summed E-state index contributed by atoms with van der Waals surface area (Å²) in [6.07, 6.45) is 4.54. The first kappa shape index (κ1) is 13.8. The summed E-state index contributed by atoms with van der Waals surface area (Å²) in [6.45, 7) is 4.45. The van der Waals surface area contributed by atoms with Crippen molar-refractivity contribution in [3.63, 3.8) is 0 Å². The smallest absolute Gasteiger partial charge is 0.221 e. The zero-order valence-corrected chi connectivity index (χ0v) is 11.8. The molecule has 0 saturated carbocycles. The van der Waals surface area contributed by atoms with E-state index in [2.05, 4.69) is 23.9 Å². The maximum atomic E-state index is 11.9. The molecule has 104 valence electrons. The van der Waals surface area contributed by atoms with E-state index >= 15 is 0 Å². The van der Waals surface area contributed by atoms with Crippen molar-refractivity contribution in [1.29, 1.82) is 0 Å². The van der Waals surface area contributed by atoms with E-state index < -0.39 is 0 Å². The Balaban J connectivity index is 1.97. The zero-order chi connectivity index (χ0) is 13.1. The molecule has 2 fully saturated rings. The monoisotopic (exact) mass is 253 g/mol. The Labute approximate surface area is 110 Å². The highest BCUT2D eigenvalue weighted by Gasteiger charge is 2.36. The highest BCUT2D eigenvalue weighted by atomic mass is 16.1. The fourth-order valence-corrected chi connectivity index (χ4v) is 3.62. The molecule has 2 aliphatic heterocycles. The molecule has 2 N–H and O–H groups in total. The van der Waals surface area contributed by atoms with E-state index in [4.69, 9.17) is 5.73 Å². The summed E-state index contributed by atoms with van der Waals surface area (Å²) >= 11 is 0. The minimum Gasteiger partial charge on any atom is -0.369 e. The van der Waals surface area contributed by atoms with Crippen molar-refractivity contribution in [2.24, 2.45) is 23.5 Å². The summed E-state index contributed by atoms with van der Waals surface area (Å²) in [5.74, 6) is 1.10. The molecule has 0 unspecified atom stereocenters. The first-order valence-corrected chi connectivity index (χ1v) is 7.24. The molecule has 4 heteroatoms. The van der Waals surface area contributed by atoms with Crippen molar-refractivity contribution in [3.8, 4) is 0 Å². The normalized spacial score (nSPS) is 25.7. The molecule has 2 aliphatic rings. The molecule has 2 saturated heterocycles. The van der Waals surface area contributed by atoms with Crippen LogP contribution < -0.4 is 5.73 Å². The molecule has 2 heterocycles. The van der Waals surface area contributed by atoms with Gasteiger partial charge in [0.15, 0.2) is 0 Å². The van der Waals surface area contributed by atoms with Crippen molar-refractivity contribution < 1.29 is 4.79 Å². The molecule has 0 aromatic heterocycles. The summed E-state index contributed by atoms with van der Waals surface area (Å²) in [5, 5.41) is 0. The largest absolute Gasteiger partial charge is 0.369 e. The number of likely N-dealkylation sites (tertiary alicyclic amines) is 2. The summed E-state index contributed by atoms with van der Waals surface area (Å²) in [6, 6.07) is 0. The number of hydrogen-bond donors (Lipinski definition) is 1. The fourth-order valence-electron chi connectivity index (χ4n) is 3.62. The minimum absolute atomic E-state index is 0.0564. The van der Waals surface area contributed by atoms with Crippen LogP contribution >= 0.6 is 0 Å². The van der Waals surface area contributed by atoms with Gasteiger partial charge >= 0.3 is 0 Å². The molecule has 0 aromatic carbocycles. The minimum atomic E-state index is -0.0564. The van der Waals surface area contributed by atoms with Gasteiger partial charge in [-0.05, 0) is 77.8 Å². The molecule has 0 aliphatic carbocycles. The molecule has 0 spiro atoms. The van der Waals surface area contributed by atoms with E-state index in [1.54, 1.807) is 0 Å². The topological polar surface area (TPSA) is 49.6 Å². The molecule has 2 rings (SSSR count). The number of carbonyl (C=O) groups excluding carboxylic acids is 1. The lowest BCUT2D eigenvalue weighted by atomic mass is 9.73. The average Bonchev–Trinajstić information content (AvgIpc) is 2.34. The van der Waals surface area contributed by atoms with E-state index in [1.807, 2.05) is 0 Å². The third-order valence-corrected chi connectivity index (χ3v) is 4.87. The predicted molar refractivity (Wildman–Crippen MR) is 73.1 cm³/mol. The number of nitrogens with two attached hydrogens (primary N) is 1. The van der Waals surface area contributed by atoms with Gasteiger partial charge in [0.25, 0.3) is 0 Å². The van der Waals surface area contributed by atoms with Crippen molar-refractivity contribution in [1.82, 2.24) is 9.80 Å². The van der Waals surface area contributed by atoms with E-state index in [1.165, 1.54) is 0 Å². The Kier molecular flexibility index (Phi) is 4.62. The maximum absolute atomic E-state index is 11.9. The SMILES string of the molecule is CN1CCC(C(C(N)=O)C2CCN(C)CC2)CC1. The molecule has 0 bridgehead atoms. The lowest BCUT2D eigenvalue weighted by Gasteiger charge is -2.39. The van der Waals surface area contributed by atoms with Gasteiger partial charge < -0.3 is 15.5 Å². The van der Waals surface area contributed by atoms with Crippen LogP contribution in [-0.4, -0.2) is 56.0 Å². The molecular weight excluding hydrogens is 226 g/mol. The number of rotatable bonds is 3. The highest BCUT2D eigenvalue weighted by molar-refractivity contribution is 5.77. The van der Waals surface area contributed by atoms with Crippen LogP contribution in [0.15, 0.2) is 0 Å². The number of primary amides is 1. The lowest BCUT2D eigenvalue weighted by Crippen LogP contribution is -2.44. The second kappa shape index (κ2) is 6.02. The summed E-state index contributed by atoms with van der Waals surface area (Å²) in [5.41, 5.74) is 5.70. The van der Waals surface area contributed by atoms with E-state index in [0.717, 1.165) is 51.9 Å². The standard InChI is InChI=1S/C14H27N3O/c1-16-7-3-11(4-8-16)13(14(15)18)12-5-9-17(2)10-6-12/h11-13H,3-10H2,1-2H3,(H2,15,18). The summed E-state index contributed by atoms with van der Waals surface area (Å²) in [4.78, 5) is 16.6. The molecule has 1 amide bonds. The van der Waals surface area contributed by atoms with E-state index in [0.29, 0.717) is 11.8 Å². The van der Waals surface area contributed by atoms with Crippen molar-refractivity contribution in [2.75, 3.05) is 40.3 Å². The Bertz CT molecular complexity index is 257. The molecule has 0 radical (unpaired) electrons. The number of amides is 1. The van der Waals surface area contributed by atoms with Crippen LogP contribution in [0.2, 0.25) is 0 Å². The quantitative estimate of drug-likeness (QED) is 0.808. The van der Waals surface area contributed by atoms with Crippen LogP contribution in [0.3, 0.4) is 0 Å². The van der Waals surface area contributed by atoms with Crippen LogP contribution in [0.25, 0.3) is 0 Å².